The van der Waals surface area contributed by atoms with Gasteiger partial charge in [-0.25, -0.2) is 0 Å². The number of halogens is 3. The van der Waals surface area contributed by atoms with Crippen molar-refractivity contribution in [1.82, 2.24) is 4.90 Å². The lowest BCUT2D eigenvalue weighted by Gasteiger charge is -2.45. The zero-order valence-corrected chi connectivity index (χ0v) is 12.0. The number of rotatable bonds is 4. The summed E-state index contributed by atoms with van der Waals surface area (Å²) >= 11 is 0. The summed E-state index contributed by atoms with van der Waals surface area (Å²) in [6, 6.07) is 5.19. The third-order valence-electron chi connectivity index (χ3n) is 4.15. The number of benzene rings is 1. The molecule has 118 valence electrons. The summed E-state index contributed by atoms with van der Waals surface area (Å²) in [5.41, 5.74) is -0.283. The standard InChI is InChI=1S/C15H20F3NO2/c1-2-14(10-20)11-21-8-7-19(14)9-12-3-5-13(6-4-12)15(16,17)18/h3-6,20H,2,7-11H2,1H3. The predicted molar refractivity (Wildman–Crippen MR) is 72.8 cm³/mol. The Hall–Kier alpha value is -1.11. The third-order valence-corrected chi connectivity index (χ3v) is 4.15. The maximum Gasteiger partial charge on any atom is 0.416 e. The molecular weight excluding hydrogens is 283 g/mol. The average Bonchev–Trinajstić information content (AvgIpc) is 2.48. The molecule has 2 rings (SSSR count). The van der Waals surface area contributed by atoms with Crippen LogP contribution in [0.4, 0.5) is 13.2 Å². The van der Waals surface area contributed by atoms with Crippen molar-refractivity contribution < 1.29 is 23.0 Å². The van der Waals surface area contributed by atoms with Crippen molar-refractivity contribution in [3.05, 3.63) is 35.4 Å². The normalized spacial score (nSPS) is 24.2. The van der Waals surface area contributed by atoms with E-state index in [4.69, 9.17) is 4.74 Å². The van der Waals surface area contributed by atoms with Gasteiger partial charge in [0.25, 0.3) is 0 Å². The molecule has 1 aliphatic rings. The van der Waals surface area contributed by atoms with E-state index in [1.165, 1.54) is 12.1 Å². The zero-order valence-electron chi connectivity index (χ0n) is 12.0. The van der Waals surface area contributed by atoms with E-state index in [1.807, 2.05) is 6.92 Å². The fraction of sp³-hybridized carbons (Fsp3) is 0.600. The van der Waals surface area contributed by atoms with Crippen molar-refractivity contribution >= 4 is 0 Å². The topological polar surface area (TPSA) is 32.7 Å². The van der Waals surface area contributed by atoms with Gasteiger partial charge in [-0.1, -0.05) is 19.1 Å². The van der Waals surface area contributed by atoms with Crippen LogP contribution in [0.2, 0.25) is 0 Å². The number of aliphatic hydroxyl groups excluding tert-OH is 1. The fourth-order valence-electron chi connectivity index (χ4n) is 2.61. The molecule has 1 N–H and O–H groups in total. The Bertz CT molecular complexity index is 455. The van der Waals surface area contributed by atoms with E-state index in [0.717, 1.165) is 24.1 Å². The molecule has 1 aromatic rings. The molecule has 0 bridgehead atoms. The molecule has 21 heavy (non-hydrogen) atoms. The van der Waals surface area contributed by atoms with E-state index < -0.39 is 17.3 Å². The second-order valence-electron chi connectivity index (χ2n) is 5.40. The maximum atomic E-state index is 12.6. The van der Waals surface area contributed by atoms with Gasteiger partial charge in [0, 0.05) is 13.1 Å². The molecule has 0 saturated carbocycles. The molecule has 0 amide bonds. The molecular formula is C15H20F3NO2. The van der Waals surface area contributed by atoms with Crippen LogP contribution in [0.15, 0.2) is 24.3 Å². The lowest BCUT2D eigenvalue weighted by atomic mass is 9.93. The molecule has 1 unspecified atom stereocenters. The van der Waals surface area contributed by atoms with Crippen molar-refractivity contribution in [1.29, 1.82) is 0 Å². The van der Waals surface area contributed by atoms with E-state index in [1.54, 1.807) is 0 Å². The molecule has 0 aromatic heterocycles. The molecule has 1 atom stereocenters. The van der Waals surface area contributed by atoms with Gasteiger partial charge in [-0.3, -0.25) is 4.90 Å². The largest absolute Gasteiger partial charge is 0.416 e. The van der Waals surface area contributed by atoms with Crippen LogP contribution in [-0.2, 0) is 17.5 Å². The lowest BCUT2D eigenvalue weighted by molar-refractivity contribution is -0.137. The van der Waals surface area contributed by atoms with Crippen LogP contribution in [-0.4, -0.2) is 41.9 Å². The summed E-state index contributed by atoms with van der Waals surface area (Å²) in [4.78, 5) is 2.10. The molecule has 1 aromatic carbocycles. The first-order valence-corrected chi connectivity index (χ1v) is 7.01. The van der Waals surface area contributed by atoms with E-state index in [2.05, 4.69) is 4.90 Å². The average molecular weight is 303 g/mol. The van der Waals surface area contributed by atoms with E-state index in [0.29, 0.717) is 26.3 Å². The molecule has 0 aliphatic carbocycles. The van der Waals surface area contributed by atoms with Crippen LogP contribution in [0.1, 0.15) is 24.5 Å². The smallest absolute Gasteiger partial charge is 0.394 e. The molecule has 1 saturated heterocycles. The van der Waals surface area contributed by atoms with Crippen LogP contribution < -0.4 is 0 Å². The second kappa shape index (κ2) is 6.34. The second-order valence-corrected chi connectivity index (χ2v) is 5.40. The number of nitrogens with zero attached hydrogens (tertiary/aromatic N) is 1. The summed E-state index contributed by atoms with van der Waals surface area (Å²) in [7, 11) is 0. The Balaban J connectivity index is 2.12. The molecule has 0 spiro atoms. The van der Waals surface area contributed by atoms with Crippen molar-refractivity contribution in [3.8, 4) is 0 Å². The summed E-state index contributed by atoms with van der Waals surface area (Å²) in [5.74, 6) is 0. The number of ether oxygens (including phenoxy) is 1. The minimum absolute atomic E-state index is 0.0237. The van der Waals surface area contributed by atoms with Gasteiger partial charge in [0.2, 0.25) is 0 Å². The molecule has 6 heteroatoms. The van der Waals surface area contributed by atoms with Crippen LogP contribution in [0.3, 0.4) is 0 Å². The zero-order chi connectivity index (χ0) is 15.5. The van der Waals surface area contributed by atoms with E-state index in [9.17, 15) is 18.3 Å². The van der Waals surface area contributed by atoms with Crippen molar-refractivity contribution in [3.63, 3.8) is 0 Å². The maximum absolute atomic E-state index is 12.6. The van der Waals surface area contributed by atoms with Gasteiger partial charge in [0.05, 0.1) is 30.9 Å². The first-order valence-electron chi connectivity index (χ1n) is 7.01. The van der Waals surface area contributed by atoms with Crippen molar-refractivity contribution in [2.45, 2.75) is 31.6 Å². The van der Waals surface area contributed by atoms with Crippen molar-refractivity contribution in [2.75, 3.05) is 26.4 Å². The molecule has 1 aliphatic heterocycles. The summed E-state index contributed by atoms with van der Waals surface area (Å²) in [6.07, 6.45) is -3.58. The van der Waals surface area contributed by atoms with Crippen LogP contribution >= 0.6 is 0 Å². The van der Waals surface area contributed by atoms with Crippen molar-refractivity contribution in [2.24, 2.45) is 0 Å². The number of alkyl halides is 3. The van der Waals surface area contributed by atoms with Gasteiger partial charge in [-0.05, 0) is 24.1 Å². The highest BCUT2D eigenvalue weighted by atomic mass is 19.4. The quantitative estimate of drug-likeness (QED) is 0.928. The first kappa shape index (κ1) is 16.3. The van der Waals surface area contributed by atoms with Crippen LogP contribution in [0.25, 0.3) is 0 Å². The molecule has 1 fully saturated rings. The summed E-state index contributed by atoms with van der Waals surface area (Å²) < 4.78 is 43.1. The number of hydrogen-bond donors (Lipinski definition) is 1. The summed E-state index contributed by atoms with van der Waals surface area (Å²) in [5, 5.41) is 9.67. The first-order chi connectivity index (χ1) is 9.91. The van der Waals surface area contributed by atoms with Gasteiger partial charge in [0.1, 0.15) is 0 Å². The number of hydrogen-bond acceptors (Lipinski definition) is 3. The van der Waals surface area contributed by atoms with Gasteiger partial charge in [-0.2, -0.15) is 13.2 Å². The van der Waals surface area contributed by atoms with Gasteiger partial charge < -0.3 is 9.84 Å². The highest BCUT2D eigenvalue weighted by molar-refractivity contribution is 5.24. The summed E-state index contributed by atoms with van der Waals surface area (Å²) in [6.45, 7) is 4.14. The Labute approximate surface area is 122 Å². The van der Waals surface area contributed by atoms with Crippen LogP contribution in [0, 0.1) is 0 Å². The monoisotopic (exact) mass is 303 g/mol. The Morgan fingerprint density at radius 1 is 1.29 bits per heavy atom. The van der Waals surface area contributed by atoms with E-state index in [-0.39, 0.29) is 6.61 Å². The Morgan fingerprint density at radius 3 is 2.48 bits per heavy atom. The van der Waals surface area contributed by atoms with Crippen LogP contribution in [0.5, 0.6) is 0 Å². The van der Waals surface area contributed by atoms with Gasteiger partial charge in [0.15, 0.2) is 0 Å². The van der Waals surface area contributed by atoms with Gasteiger partial charge >= 0.3 is 6.18 Å². The highest BCUT2D eigenvalue weighted by Gasteiger charge is 2.37. The van der Waals surface area contributed by atoms with E-state index >= 15 is 0 Å². The Kier molecular flexibility index (Phi) is 4.91. The Morgan fingerprint density at radius 2 is 1.95 bits per heavy atom. The van der Waals surface area contributed by atoms with Gasteiger partial charge in [-0.15, -0.1) is 0 Å². The highest BCUT2D eigenvalue weighted by Crippen LogP contribution is 2.30. The minimum atomic E-state index is -4.31. The number of morpholine rings is 1. The molecule has 1 heterocycles. The molecule has 3 nitrogen and oxygen atoms in total. The lowest BCUT2D eigenvalue weighted by Crippen LogP contribution is -2.58. The molecule has 0 radical (unpaired) electrons. The SMILES string of the molecule is CCC1(CO)COCCN1Cc1ccc(C(F)(F)F)cc1. The third kappa shape index (κ3) is 3.56. The minimum Gasteiger partial charge on any atom is -0.394 e. The fourth-order valence-corrected chi connectivity index (χ4v) is 2.61. The predicted octanol–water partition coefficient (Wildman–Crippen LogP) is 2.68. The number of aliphatic hydroxyl groups is 1.